The maximum Gasteiger partial charge on any atom is 0.410 e. The molecule has 2 rings (SSSR count). The first-order valence-corrected chi connectivity index (χ1v) is 6.69. The Labute approximate surface area is 114 Å². The molecule has 1 aliphatic rings. The minimum atomic E-state index is -0.436. The number of ether oxygens (including phenoxy) is 1. The van der Waals surface area contributed by atoms with E-state index in [-0.39, 0.29) is 12.1 Å². The van der Waals surface area contributed by atoms with Crippen molar-refractivity contribution >= 4 is 11.8 Å². The molecule has 1 aliphatic heterocycles. The van der Waals surface area contributed by atoms with Crippen LogP contribution in [-0.2, 0) is 11.2 Å². The molecule has 0 radical (unpaired) electrons. The van der Waals surface area contributed by atoms with Crippen LogP contribution < -0.4 is 5.73 Å². The Kier molecular flexibility index (Phi) is 3.69. The second-order valence-electron chi connectivity index (χ2n) is 6.07. The molecule has 1 atom stereocenters. The van der Waals surface area contributed by atoms with Crippen molar-refractivity contribution in [2.45, 2.75) is 45.3 Å². The molecule has 1 aromatic rings. The summed E-state index contributed by atoms with van der Waals surface area (Å²) < 4.78 is 5.40. The van der Waals surface area contributed by atoms with E-state index in [0.29, 0.717) is 0 Å². The molecule has 1 fully saturated rings. The highest BCUT2D eigenvalue weighted by Gasteiger charge is 2.35. The van der Waals surface area contributed by atoms with Gasteiger partial charge in [-0.15, -0.1) is 0 Å². The number of rotatable bonds is 2. The predicted molar refractivity (Wildman–Crippen MR) is 75.9 cm³/mol. The van der Waals surface area contributed by atoms with E-state index in [4.69, 9.17) is 10.5 Å². The van der Waals surface area contributed by atoms with Gasteiger partial charge in [-0.05, 0) is 51.3 Å². The van der Waals surface area contributed by atoms with E-state index < -0.39 is 5.60 Å². The molecule has 4 heteroatoms. The van der Waals surface area contributed by atoms with Crippen molar-refractivity contribution in [3.8, 4) is 0 Å². The Bertz CT molecular complexity index is 465. The highest BCUT2D eigenvalue weighted by Crippen LogP contribution is 2.24. The summed E-state index contributed by atoms with van der Waals surface area (Å²) in [5.74, 6) is 0. The molecule has 0 spiro atoms. The van der Waals surface area contributed by atoms with Crippen LogP contribution >= 0.6 is 0 Å². The Morgan fingerprint density at radius 3 is 2.74 bits per heavy atom. The van der Waals surface area contributed by atoms with E-state index in [0.717, 1.165) is 25.1 Å². The molecule has 1 amide bonds. The van der Waals surface area contributed by atoms with Crippen LogP contribution in [0.5, 0.6) is 0 Å². The highest BCUT2D eigenvalue weighted by atomic mass is 16.6. The number of nitrogen functional groups attached to an aromatic ring is 1. The van der Waals surface area contributed by atoms with Crippen molar-refractivity contribution in [1.29, 1.82) is 0 Å². The number of hydrogen-bond donors (Lipinski definition) is 1. The third-order valence-corrected chi connectivity index (χ3v) is 3.19. The number of amides is 1. The highest BCUT2D eigenvalue weighted by molar-refractivity contribution is 5.69. The fourth-order valence-corrected chi connectivity index (χ4v) is 2.21. The van der Waals surface area contributed by atoms with E-state index >= 15 is 0 Å². The van der Waals surface area contributed by atoms with Crippen LogP contribution in [0.1, 0.15) is 32.8 Å². The third-order valence-electron chi connectivity index (χ3n) is 3.19. The molecule has 2 N–H and O–H groups in total. The maximum atomic E-state index is 12.0. The summed E-state index contributed by atoms with van der Waals surface area (Å²) >= 11 is 0. The van der Waals surface area contributed by atoms with E-state index in [9.17, 15) is 4.79 Å². The van der Waals surface area contributed by atoms with Gasteiger partial charge in [-0.3, -0.25) is 0 Å². The summed E-state index contributed by atoms with van der Waals surface area (Å²) in [6, 6.07) is 8.06. The summed E-state index contributed by atoms with van der Waals surface area (Å²) in [6.07, 6.45) is 1.64. The van der Waals surface area contributed by atoms with Crippen LogP contribution in [0.4, 0.5) is 10.5 Å². The molecule has 0 saturated carbocycles. The molecule has 19 heavy (non-hydrogen) atoms. The van der Waals surface area contributed by atoms with Gasteiger partial charge in [0.2, 0.25) is 0 Å². The average Bonchev–Trinajstić information content (AvgIpc) is 2.21. The van der Waals surface area contributed by atoms with Crippen LogP contribution in [0, 0.1) is 0 Å². The molecule has 0 unspecified atom stereocenters. The molecular weight excluding hydrogens is 240 g/mol. The molecule has 104 valence electrons. The van der Waals surface area contributed by atoms with Gasteiger partial charge in [0.1, 0.15) is 5.60 Å². The zero-order valence-electron chi connectivity index (χ0n) is 11.8. The lowest BCUT2D eigenvalue weighted by molar-refractivity contribution is -0.00497. The maximum absolute atomic E-state index is 12.0. The summed E-state index contributed by atoms with van der Waals surface area (Å²) in [5.41, 5.74) is 7.26. The molecule has 1 heterocycles. The largest absolute Gasteiger partial charge is 0.444 e. The normalized spacial score (nSPS) is 18.9. The van der Waals surface area contributed by atoms with E-state index in [1.807, 2.05) is 45.0 Å². The second-order valence-corrected chi connectivity index (χ2v) is 6.07. The van der Waals surface area contributed by atoms with E-state index in [1.54, 1.807) is 4.90 Å². The second kappa shape index (κ2) is 5.11. The lowest BCUT2D eigenvalue weighted by Gasteiger charge is -2.41. The number of carbonyl (C=O) groups excluding carboxylic acids is 1. The van der Waals surface area contributed by atoms with Crippen LogP contribution in [0.2, 0.25) is 0 Å². The van der Waals surface area contributed by atoms with Gasteiger partial charge in [0, 0.05) is 18.3 Å². The fourth-order valence-electron chi connectivity index (χ4n) is 2.21. The summed E-state index contributed by atoms with van der Waals surface area (Å²) in [7, 11) is 0. The zero-order chi connectivity index (χ0) is 14.0. The molecular formula is C15H22N2O2. The first-order valence-electron chi connectivity index (χ1n) is 6.69. The standard InChI is InChI=1S/C15H22N2O2/c1-15(2,3)19-14(18)17-8-7-13(17)10-11-5-4-6-12(16)9-11/h4-6,9,13H,7-8,10,16H2,1-3H3/t13-/m1/s1. The fraction of sp³-hybridized carbons (Fsp3) is 0.533. The lowest BCUT2D eigenvalue weighted by atomic mass is 9.95. The summed E-state index contributed by atoms with van der Waals surface area (Å²) in [6.45, 7) is 6.44. The predicted octanol–water partition coefficient (Wildman–Crippen LogP) is 2.82. The molecule has 4 nitrogen and oxygen atoms in total. The van der Waals surface area contributed by atoms with Crippen molar-refractivity contribution in [1.82, 2.24) is 4.90 Å². The van der Waals surface area contributed by atoms with Gasteiger partial charge in [0.15, 0.2) is 0 Å². The van der Waals surface area contributed by atoms with Crippen LogP contribution in [0.3, 0.4) is 0 Å². The number of nitrogens with two attached hydrogens (primary N) is 1. The van der Waals surface area contributed by atoms with Gasteiger partial charge in [0.05, 0.1) is 0 Å². The SMILES string of the molecule is CC(C)(C)OC(=O)N1CC[C@@H]1Cc1cccc(N)c1. The number of anilines is 1. The first kappa shape index (κ1) is 13.7. The molecule has 1 saturated heterocycles. The number of nitrogens with zero attached hydrogens (tertiary/aromatic N) is 1. The van der Waals surface area contributed by atoms with Crippen molar-refractivity contribution in [3.63, 3.8) is 0 Å². The van der Waals surface area contributed by atoms with Crippen molar-refractivity contribution in [3.05, 3.63) is 29.8 Å². The Hall–Kier alpha value is -1.71. The monoisotopic (exact) mass is 262 g/mol. The van der Waals surface area contributed by atoms with Crippen molar-refractivity contribution < 1.29 is 9.53 Å². The Morgan fingerprint density at radius 1 is 1.47 bits per heavy atom. The molecule has 1 aromatic carbocycles. The minimum absolute atomic E-state index is 0.215. The van der Waals surface area contributed by atoms with Gasteiger partial charge in [0.25, 0.3) is 0 Å². The van der Waals surface area contributed by atoms with Gasteiger partial charge < -0.3 is 15.4 Å². The summed E-state index contributed by atoms with van der Waals surface area (Å²) in [4.78, 5) is 13.8. The first-order chi connectivity index (χ1) is 8.85. The Balaban J connectivity index is 1.94. The van der Waals surface area contributed by atoms with Crippen LogP contribution in [-0.4, -0.2) is 29.2 Å². The number of hydrogen-bond acceptors (Lipinski definition) is 3. The number of carbonyl (C=O) groups is 1. The lowest BCUT2D eigenvalue weighted by Crippen LogP contribution is -2.53. The topological polar surface area (TPSA) is 55.6 Å². The number of likely N-dealkylation sites (tertiary alicyclic amines) is 1. The quantitative estimate of drug-likeness (QED) is 0.834. The molecule has 0 aliphatic carbocycles. The Morgan fingerprint density at radius 2 is 2.21 bits per heavy atom. The van der Waals surface area contributed by atoms with Crippen molar-refractivity contribution in [2.75, 3.05) is 12.3 Å². The van der Waals surface area contributed by atoms with Gasteiger partial charge in [-0.1, -0.05) is 12.1 Å². The van der Waals surface area contributed by atoms with Crippen molar-refractivity contribution in [2.24, 2.45) is 0 Å². The minimum Gasteiger partial charge on any atom is -0.444 e. The van der Waals surface area contributed by atoms with Crippen LogP contribution in [0.25, 0.3) is 0 Å². The van der Waals surface area contributed by atoms with Gasteiger partial charge >= 0.3 is 6.09 Å². The zero-order valence-corrected chi connectivity index (χ0v) is 11.8. The van der Waals surface area contributed by atoms with E-state index in [1.165, 1.54) is 5.56 Å². The van der Waals surface area contributed by atoms with Gasteiger partial charge in [-0.2, -0.15) is 0 Å². The smallest absolute Gasteiger partial charge is 0.410 e. The summed E-state index contributed by atoms with van der Waals surface area (Å²) in [5, 5.41) is 0. The van der Waals surface area contributed by atoms with E-state index in [2.05, 4.69) is 0 Å². The van der Waals surface area contributed by atoms with Crippen LogP contribution in [0.15, 0.2) is 24.3 Å². The molecule has 0 bridgehead atoms. The molecule has 0 aromatic heterocycles. The number of benzene rings is 1. The van der Waals surface area contributed by atoms with Gasteiger partial charge in [-0.25, -0.2) is 4.79 Å². The average molecular weight is 262 g/mol. The third kappa shape index (κ3) is 3.63.